The summed E-state index contributed by atoms with van der Waals surface area (Å²) in [6.45, 7) is 8.87. The molecule has 1 saturated heterocycles. The van der Waals surface area contributed by atoms with Crippen LogP contribution in [0.4, 0.5) is 5.82 Å². The molecular formula is C14H23N3. The molecule has 94 valence electrons. The monoisotopic (exact) mass is 233 g/mol. The molecule has 1 N–H and O–H groups in total. The lowest BCUT2D eigenvalue weighted by molar-refractivity contribution is 0.374. The molecule has 0 radical (unpaired) electrons. The maximum Gasteiger partial charge on any atom is 0.128 e. The largest absolute Gasteiger partial charge is 0.357 e. The summed E-state index contributed by atoms with van der Waals surface area (Å²) >= 11 is 0. The molecule has 0 spiro atoms. The third-order valence-electron chi connectivity index (χ3n) is 3.54. The molecule has 0 bridgehead atoms. The Bertz CT molecular complexity index is 345. The van der Waals surface area contributed by atoms with E-state index >= 15 is 0 Å². The van der Waals surface area contributed by atoms with Crippen LogP contribution in [0.15, 0.2) is 18.3 Å². The molecule has 17 heavy (non-hydrogen) atoms. The Morgan fingerprint density at radius 3 is 2.82 bits per heavy atom. The normalized spacial score (nSPS) is 17.1. The Kier molecular flexibility index (Phi) is 4.37. The predicted molar refractivity (Wildman–Crippen MR) is 72.5 cm³/mol. The third kappa shape index (κ3) is 3.43. The molecule has 1 aliphatic rings. The van der Waals surface area contributed by atoms with Crippen molar-refractivity contribution in [3.8, 4) is 0 Å². The first kappa shape index (κ1) is 12.4. The fourth-order valence-electron chi connectivity index (χ4n) is 2.45. The Morgan fingerprint density at radius 1 is 1.41 bits per heavy atom. The number of aryl methyl sites for hydroxylation is 1. The highest BCUT2D eigenvalue weighted by atomic mass is 15.2. The van der Waals surface area contributed by atoms with Gasteiger partial charge in [-0.1, -0.05) is 0 Å². The van der Waals surface area contributed by atoms with E-state index in [4.69, 9.17) is 0 Å². The topological polar surface area (TPSA) is 28.2 Å². The molecule has 0 saturated carbocycles. The number of hydrogen-bond acceptors (Lipinski definition) is 3. The fraction of sp³-hybridized carbons (Fsp3) is 0.643. The first-order chi connectivity index (χ1) is 8.29. The zero-order valence-electron chi connectivity index (χ0n) is 10.9. The quantitative estimate of drug-likeness (QED) is 0.864. The Morgan fingerprint density at radius 2 is 2.18 bits per heavy atom. The lowest BCUT2D eigenvalue weighted by atomic mass is 9.97. The Balaban J connectivity index is 2.00. The third-order valence-corrected chi connectivity index (χ3v) is 3.54. The van der Waals surface area contributed by atoms with Gasteiger partial charge in [-0.15, -0.1) is 0 Å². The van der Waals surface area contributed by atoms with Crippen molar-refractivity contribution in [2.45, 2.75) is 26.7 Å². The van der Waals surface area contributed by atoms with Crippen molar-refractivity contribution in [1.29, 1.82) is 0 Å². The molecule has 3 nitrogen and oxygen atoms in total. The molecule has 2 heterocycles. The van der Waals surface area contributed by atoms with Crippen LogP contribution in [0.1, 0.15) is 25.3 Å². The van der Waals surface area contributed by atoms with Gasteiger partial charge < -0.3 is 10.2 Å². The molecule has 0 aromatic carbocycles. The van der Waals surface area contributed by atoms with Gasteiger partial charge in [0.25, 0.3) is 0 Å². The zero-order chi connectivity index (χ0) is 12.1. The number of nitrogens with zero attached hydrogens (tertiary/aromatic N) is 2. The van der Waals surface area contributed by atoms with Crippen molar-refractivity contribution in [2.75, 3.05) is 31.1 Å². The molecule has 1 aliphatic heterocycles. The summed E-state index contributed by atoms with van der Waals surface area (Å²) in [6.07, 6.45) is 4.50. The van der Waals surface area contributed by atoms with Crippen molar-refractivity contribution in [1.82, 2.24) is 10.3 Å². The number of piperidine rings is 1. The average molecular weight is 233 g/mol. The van der Waals surface area contributed by atoms with E-state index < -0.39 is 0 Å². The number of nitrogens with one attached hydrogen (secondary N) is 1. The summed E-state index contributed by atoms with van der Waals surface area (Å²) in [5, 5.41) is 3.42. The summed E-state index contributed by atoms with van der Waals surface area (Å²) in [5.74, 6) is 1.95. The summed E-state index contributed by atoms with van der Waals surface area (Å²) in [5.41, 5.74) is 1.29. The first-order valence-corrected chi connectivity index (χ1v) is 6.68. The van der Waals surface area contributed by atoms with Gasteiger partial charge in [0.05, 0.1) is 0 Å². The lowest BCUT2D eigenvalue weighted by Crippen LogP contribution is -2.36. The molecule has 1 aromatic heterocycles. The molecule has 0 atom stereocenters. The second-order valence-corrected chi connectivity index (χ2v) is 4.92. The number of aromatic nitrogens is 1. The molecule has 1 fully saturated rings. The van der Waals surface area contributed by atoms with Crippen molar-refractivity contribution in [2.24, 2.45) is 5.92 Å². The van der Waals surface area contributed by atoms with E-state index in [0.717, 1.165) is 24.8 Å². The Hall–Kier alpha value is -1.09. The highest BCUT2D eigenvalue weighted by Crippen LogP contribution is 2.18. The van der Waals surface area contributed by atoms with E-state index in [1.165, 1.54) is 31.5 Å². The summed E-state index contributed by atoms with van der Waals surface area (Å²) < 4.78 is 0. The molecule has 3 heteroatoms. The summed E-state index contributed by atoms with van der Waals surface area (Å²) in [7, 11) is 0. The second kappa shape index (κ2) is 6.01. The van der Waals surface area contributed by atoms with Crippen LogP contribution in [0.2, 0.25) is 0 Å². The van der Waals surface area contributed by atoms with Gasteiger partial charge in [0, 0.05) is 19.3 Å². The predicted octanol–water partition coefficient (Wildman–Crippen LogP) is 2.22. The molecular weight excluding hydrogens is 210 g/mol. The molecule has 0 unspecified atom stereocenters. The van der Waals surface area contributed by atoms with Gasteiger partial charge in [-0.2, -0.15) is 0 Å². The smallest absolute Gasteiger partial charge is 0.128 e. The summed E-state index contributed by atoms with van der Waals surface area (Å²) in [4.78, 5) is 6.89. The second-order valence-electron chi connectivity index (χ2n) is 4.92. The first-order valence-electron chi connectivity index (χ1n) is 6.68. The van der Waals surface area contributed by atoms with E-state index in [1.807, 2.05) is 6.20 Å². The van der Waals surface area contributed by atoms with E-state index in [9.17, 15) is 0 Å². The van der Waals surface area contributed by atoms with Crippen LogP contribution in [0.25, 0.3) is 0 Å². The van der Waals surface area contributed by atoms with Crippen molar-refractivity contribution >= 4 is 5.82 Å². The standard InChI is InChI=1S/C14H23N3/c1-3-17(11-13-5-7-15-8-6-13)14-10-12(2)4-9-16-14/h4,9-10,13,15H,3,5-8,11H2,1-2H3. The number of hydrogen-bond donors (Lipinski definition) is 1. The maximum atomic E-state index is 4.49. The van der Waals surface area contributed by atoms with Gasteiger partial charge in [0.2, 0.25) is 0 Å². The van der Waals surface area contributed by atoms with Crippen molar-refractivity contribution in [3.05, 3.63) is 23.9 Å². The fourth-order valence-corrected chi connectivity index (χ4v) is 2.45. The minimum Gasteiger partial charge on any atom is -0.357 e. The van der Waals surface area contributed by atoms with Gasteiger partial charge >= 0.3 is 0 Å². The van der Waals surface area contributed by atoms with Crippen LogP contribution in [0.3, 0.4) is 0 Å². The molecule has 0 aliphatic carbocycles. The molecule has 1 aromatic rings. The minimum absolute atomic E-state index is 0.818. The lowest BCUT2D eigenvalue weighted by Gasteiger charge is -2.30. The van der Waals surface area contributed by atoms with Gasteiger partial charge in [-0.3, -0.25) is 0 Å². The highest BCUT2D eigenvalue weighted by Gasteiger charge is 2.17. The van der Waals surface area contributed by atoms with E-state index in [2.05, 4.69) is 41.2 Å². The van der Waals surface area contributed by atoms with Crippen LogP contribution < -0.4 is 10.2 Å². The number of anilines is 1. The van der Waals surface area contributed by atoms with Crippen LogP contribution in [-0.2, 0) is 0 Å². The molecule has 2 rings (SSSR count). The SMILES string of the molecule is CCN(CC1CCNCC1)c1cc(C)ccn1. The van der Waals surface area contributed by atoms with Gasteiger partial charge in [-0.05, 0) is 63.4 Å². The maximum absolute atomic E-state index is 4.49. The number of pyridine rings is 1. The van der Waals surface area contributed by atoms with Crippen molar-refractivity contribution in [3.63, 3.8) is 0 Å². The van der Waals surface area contributed by atoms with Gasteiger partial charge in [-0.25, -0.2) is 4.98 Å². The van der Waals surface area contributed by atoms with Gasteiger partial charge in [0.1, 0.15) is 5.82 Å². The van der Waals surface area contributed by atoms with Crippen molar-refractivity contribution < 1.29 is 0 Å². The zero-order valence-corrected chi connectivity index (χ0v) is 10.9. The Labute approximate surface area is 104 Å². The van der Waals surface area contributed by atoms with E-state index in [1.54, 1.807) is 0 Å². The van der Waals surface area contributed by atoms with Crippen LogP contribution in [0, 0.1) is 12.8 Å². The van der Waals surface area contributed by atoms with E-state index in [-0.39, 0.29) is 0 Å². The average Bonchev–Trinajstić information content (AvgIpc) is 2.37. The minimum atomic E-state index is 0.818. The summed E-state index contributed by atoms with van der Waals surface area (Å²) in [6, 6.07) is 4.24. The van der Waals surface area contributed by atoms with E-state index in [0.29, 0.717) is 0 Å². The number of rotatable bonds is 4. The van der Waals surface area contributed by atoms with Crippen LogP contribution >= 0.6 is 0 Å². The molecule has 0 amide bonds. The van der Waals surface area contributed by atoms with Crippen LogP contribution in [-0.4, -0.2) is 31.2 Å². The van der Waals surface area contributed by atoms with Gasteiger partial charge in [0.15, 0.2) is 0 Å². The highest BCUT2D eigenvalue weighted by molar-refractivity contribution is 5.40. The van der Waals surface area contributed by atoms with Crippen LogP contribution in [0.5, 0.6) is 0 Å².